The normalized spacial score (nSPS) is 23.5. The molecule has 2 saturated carbocycles. The molecule has 0 amide bonds. The lowest BCUT2D eigenvalue weighted by atomic mass is 10.2. The molecule has 12 N–H and O–H groups in total. The van der Waals surface area contributed by atoms with Crippen molar-refractivity contribution >= 4 is 84.5 Å². The number of morpholine rings is 1. The van der Waals surface area contributed by atoms with Crippen LogP contribution < -0.4 is 64.0 Å². The van der Waals surface area contributed by atoms with Gasteiger partial charge in [0.15, 0.2) is 21.4 Å². The van der Waals surface area contributed by atoms with Crippen LogP contribution >= 0.6 is 47.0 Å². The van der Waals surface area contributed by atoms with E-state index in [2.05, 4.69) is 121 Å². The number of carbonyl (C=O) groups excluding carboxylic acids is 1. The van der Waals surface area contributed by atoms with Crippen LogP contribution in [0.1, 0.15) is 308 Å². The molecule has 0 atom stereocenters. The molecule has 23 aliphatic rings. The van der Waals surface area contributed by atoms with E-state index in [1.54, 1.807) is 11.8 Å². The monoisotopic (exact) mass is 2020 g/mol. The van der Waals surface area contributed by atoms with Gasteiger partial charge >= 0.3 is 0 Å². The molecular formula is C103H207N15O11S6. The second-order valence-electron chi connectivity index (χ2n) is 35.8. The van der Waals surface area contributed by atoms with E-state index in [1.807, 2.05) is 47.4 Å². The van der Waals surface area contributed by atoms with Crippen molar-refractivity contribution in [2.24, 2.45) is 9.98 Å². The molecule has 0 aromatic rings. The maximum Gasteiger partial charge on any atom is 0.188 e. The largest absolute Gasteiger partial charge is 0.482 e. The van der Waals surface area contributed by atoms with Crippen LogP contribution in [0.2, 0.25) is 0 Å². The Hall–Kier alpha value is -1.97. The molecule has 0 aromatic heterocycles. The van der Waals surface area contributed by atoms with E-state index in [9.17, 15) is 21.6 Å². The van der Waals surface area contributed by atoms with Crippen LogP contribution in [0.5, 0.6) is 0 Å². The van der Waals surface area contributed by atoms with Crippen molar-refractivity contribution in [3.05, 3.63) is 47.6 Å². The fourth-order valence-electron chi connectivity index (χ4n) is 14.1. The van der Waals surface area contributed by atoms with Gasteiger partial charge in [0.25, 0.3) is 0 Å². The number of aliphatic imine (C=N–C) groups is 2. The van der Waals surface area contributed by atoms with Crippen LogP contribution in [0.25, 0.3) is 0 Å². The highest BCUT2D eigenvalue weighted by molar-refractivity contribution is 8.14. The summed E-state index contributed by atoms with van der Waals surface area (Å²) in [4.78, 5) is 20.3. The third-order valence-corrected chi connectivity index (χ3v) is 30.1. The summed E-state index contributed by atoms with van der Waals surface area (Å²) in [6.45, 7) is 36.5. The second-order valence-corrected chi connectivity index (χ2v) is 44.8. The van der Waals surface area contributed by atoms with Crippen molar-refractivity contribution in [1.82, 2.24) is 68.9 Å². The minimum Gasteiger partial charge on any atom is -0.482 e. The van der Waals surface area contributed by atoms with Crippen LogP contribution in [-0.4, -0.2) is 321 Å². The topological polar surface area (TPSA) is 313 Å². The first-order valence-corrected chi connectivity index (χ1v) is 62.3. The number of piperidine rings is 2. The zero-order valence-corrected chi connectivity index (χ0v) is 90.8. The summed E-state index contributed by atoms with van der Waals surface area (Å²) in [5.41, 5.74) is 5.94. The lowest BCUT2D eigenvalue weighted by Gasteiger charge is -2.10. The number of rotatable bonds is 0. The van der Waals surface area contributed by atoms with Crippen molar-refractivity contribution in [2.45, 2.75) is 308 Å². The second kappa shape index (κ2) is 114. The number of nitrogens with one attached hydrogen (secondary N) is 12. The highest BCUT2D eigenvalue weighted by Gasteiger charge is 2.17. The average Bonchev–Trinajstić information content (AvgIpc) is 1.39. The van der Waals surface area contributed by atoms with Crippen molar-refractivity contribution in [2.75, 3.05) is 282 Å². The van der Waals surface area contributed by atoms with Crippen LogP contribution in [0.3, 0.4) is 0 Å². The predicted molar refractivity (Wildman–Crippen MR) is 590 cm³/mol. The Morgan fingerprint density at radius 1 is 0.304 bits per heavy atom. The highest BCUT2D eigenvalue weighted by atomic mass is 32.2. The minimum atomic E-state index is -2.65. The third kappa shape index (κ3) is 115. The number of hydrogen-bond acceptors (Lipinski definition) is 30. The Kier molecular flexibility index (Phi) is 111. The molecule has 26 nitrogen and oxygen atoms in total. The van der Waals surface area contributed by atoms with E-state index in [1.165, 1.54) is 409 Å². The van der Waals surface area contributed by atoms with Gasteiger partial charge in [-0.3, -0.25) is 25.6 Å². The molecule has 32 heteroatoms. The standard InChI is InChI=1S/C7H14.C6H14N2.C6H13N.C6H12O.2C5H11N.C5H9N.C5H10O.C5H10.C5H8.C4H9NO2S.C4H9NO.C4H9NS.C4H5NS.C4H7N.C4H8O2S.C4H6OS.C4H8O.C4H8S.C3H8N2.C3H5NO.C3H7N.C3H6O/c1-2-4-6-7-5-3-1;1-8-5-2-3-7-4-6-8;2*1-2-4-6-7-5-3-1;4*1-2-4-6-5-3-1;2*1-2-4-5-3-1;6-8(7)3-1-5-2-4-8;3*1-3-6-4-2-5-1;1-2-4-5-3-1;5-7(6)3-1-2-4-7;5-4-2-1-3-6-4;3*1-2-4-5-3-1;1-2-5-3-4-1;2*1-2-4-3-1/h1-7H2;7H,2-6H2,1H3;7H,1-6H2;1-6H2;2*6H,1-5H2;2,4,6H,1,3,5H2;1-5H2;1-5H2;1-2H,3-5H2;5H,1-4H2;2*5H,1-4H2;1-5H;3H,1-2,4H2;1-4H2;1-3H2;2*1-4H2;4-5H,1-3H2;3H,1-2H2;4H,1-3H2;1-3H2. The number of sulfone groups is 2. The van der Waals surface area contributed by atoms with E-state index >= 15 is 0 Å². The first-order valence-electron chi connectivity index (χ1n) is 54.4. The first-order chi connectivity index (χ1) is 66.7. The van der Waals surface area contributed by atoms with Crippen molar-refractivity contribution in [1.29, 1.82) is 0 Å². The number of nitrogens with zero attached hydrogens (tertiary/aromatic N) is 3. The summed E-state index contributed by atoms with van der Waals surface area (Å²) in [5.74, 6) is 7.97. The van der Waals surface area contributed by atoms with Crippen LogP contribution in [0.4, 0.5) is 0 Å². The maximum atomic E-state index is 10.6. The zero-order valence-electron chi connectivity index (χ0n) is 85.9. The molecule has 796 valence electrons. The molecule has 0 radical (unpaired) electrons. The van der Waals surface area contributed by atoms with Gasteiger partial charge in [0, 0.05) is 167 Å². The summed E-state index contributed by atoms with van der Waals surface area (Å²) in [6.07, 6.45) is 80.7. The summed E-state index contributed by atoms with van der Waals surface area (Å²) in [6, 6.07) is 0. The van der Waals surface area contributed by atoms with Gasteiger partial charge in [0.2, 0.25) is 0 Å². The predicted octanol–water partition coefficient (Wildman–Crippen LogP) is 17.1. The van der Waals surface area contributed by atoms with Gasteiger partial charge in [-0.15, -0.1) is 11.8 Å². The average molecular weight is 2020 g/mol. The Morgan fingerprint density at radius 2 is 0.711 bits per heavy atom. The van der Waals surface area contributed by atoms with Gasteiger partial charge < -0.3 is 86.5 Å². The lowest BCUT2D eigenvalue weighted by Crippen LogP contribution is -2.35. The van der Waals surface area contributed by atoms with E-state index in [0.717, 1.165) is 156 Å². The van der Waals surface area contributed by atoms with E-state index in [0.29, 0.717) is 41.2 Å². The smallest absolute Gasteiger partial charge is 0.188 e. The highest BCUT2D eigenvalue weighted by Crippen LogP contribution is 2.19. The molecule has 16 saturated heterocycles. The van der Waals surface area contributed by atoms with Crippen molar-refractivity contribution in [3.8, 4) is 0 Å². The Balaban J connectivity index is 0.000000707. The van der Waals surface area contributed by atoms with Gasteiger partial charge in [-0.05, 0) is 293 Å². The van der Waals surface area contributed by atoms with E-state index < -0.39 is 19.7 Å². The molecule has 135 heavy (non-hydrogen) atoms. The first kappa shape index (κ1) is 131. The fourth-order valence-corrected chi connectivity index (χ4v) is 19.7. The third-order valence-electron chi connectivity index (χ3n) is 22.9. The van der Waals surface area contributed by atoms with Crippen molar-refractivity contribution < 1.29 is 50.1 Å². The summed E-state index contributed by atoms with van der Waals surface area (Å²) in [7, 11) is -3.02. The SMILES string of the molecule is C1=CCCC1.C1=CNCCC1.C1=CSC=CN1.C1=NCCC1.C1=NCCO1.C1CCCC1.C1CCCCCC1.C1CCCNCC1.C1CCCOCC1.C1CCNCC1.C1CCNCC1.C1CCOC1.C1CCOCC1.C1CCSC1.C1CNC1.C1CNNC1.C1COC1.C1COCCN1.C1CSCCN1.CN1CCCNCC1.O=C1CCCS1.O=S1(=O)CCCC1.O=S1(=O)CCNCC1. The van der Waals surface area contributed by atoms with E-state index in [-0.39, 0.29) is 0 Å². The van der Waals surface area contributed by atoms with Crippen molar-refractivity contribution in [3.63, 3.8) is 0 Å². The van der Waals surface area contributed by atoms with Crippen LogP contribution in [0, 0.1) is 0 Å². The van der Waals surface area contributed by atoms with Gasteiger partial charge in [-0.1, -0.05) is 146 Å². The maximum absolute atomic E-state index is 10.6. The van der Waals surface area contributed by atoms with Gasteiger partial charge in [-0.2, -0.15) is 23.5 Å². The fraction of sp³-hybridized carbons (Fsp3) is 0.893. The zero-order chi connectivity index (χ0) is 96.5. The minimum absolute atomic E-state index is 0.312. The molecule has 20 heterocycles. The molecule has 0 bridgehead atoms. The van der Waals surface area contributed by atoms with Gasteiger partial charge in [0.05, 0.1) is 42.8 Å². The van der Waals surface area contributed by atoms with Crippen LogP contribution in [0.15, 0.2) is 57.6 Å². The van der Waals surface area contributed by atoms with Crippen LogP contribution in [-0.2, 0) is 52.9 Å². The number of allylic oxidation sites excluding steroid dienone is 3. The number of hydrazine groups is 1. The Morgan fingerprint density at radius 3 is 0.926 bits per heavy atom. The number of hydrogen-bond donors (Lipinski definition) is 12. The number of thioether (sulfide) groups is 4. The molecular weight excluding hydrogens is 1820 g/mol. The number of ether oxygens (including phenoxy) is 6. The molecule has 0 spiro atoms. The van der Waals surface area contributed by atoms with Gasteiger partial charge in [-0.25, -0.2) is 16.8 Å². The molecule has 0 aromatic carbocycles. The molecule has 23 rings (SSSR count). The summed E-state index contributed by atoms with van der Waals surface area (Å²) in [5, 5.41) is 36.1. The Labute approximate surface area is 845 Å². The summed E-state index contributed by atoms with van der Waals surface area (Å²) < 4.78 is 71.7. The molecule has 18 fully saturated rings. The van der Waals surface area contributed by atoms with Gasteiger partial charge in [0.1, 0.15) is 16.4 Å². The molecule has 3 aliphatic carbocycles. The van der Waals surface area contributed by atoms with E-state index in [4.69, 9.17) is 23.7 Å². The molecule has 20 aliphatic heterocycles. The Bertz CT molecular complexity index is 2330. The summed E-state index contributed by atoms with van der Waals surface area (Å²) >= 11 is 7.24. The number of likely N-dealkylation sites (N-methyl/N-ethyl adjacent to an activating group) is 1. The number of carbonyl (C=O) groups is 1. The molecule has 0 unspecified atom stereocenters. The quantitative estimate of drug-likeness (QED) is 0.0792. The lowest BCUT2D eigenvalue weighted by molar-refractivity contribution is -0.110.